The molecule has 1 aliphatic heterocycles. The monoisotopic (exact) mass is 835 g/mol. The first-order valence-corrected chi connectivity index (χ1v) is 22.6. The molecule has 0 bridgehead atoms. The molecule has 0 saturated heterocycles. The number of carbonyl (C=O) groups excluding carboxylic acids is 1. The summed E-state index contributed by atoms with van der Waals surface area (Å²) in [5, 5.41) is 34.4. The highest BCUT2D eigenvalue weighted by molar-refractivity contribution is 7.98. The summed E-state index contributed by atoms with van der Waals surface area (Å²) >= 11 is 1.68. The van der Waals surface area contributed by atoms with E-state index in [4.69, 9.17) is 24.2 Å². The molecule has 1 saturated carbocycles. The van der Waals surface area contributed by atoms with Gasteiger partial charge in [0.25, 0.3) is 5.91 Å². The van der Waals surface area contributed by atoms with E-state index in [2.05, 4.69) is 24.8 Å². The second-order valence-corrected chi connectivity index (χ2v) is 17.8. The van der Waals surface area contributed by atoms with E-state index < -0.39 is 23.3 Å². The zero-order valence-electron chi connectivity index (χ0n) is 35.8. The van der Waals surface area contributed by atoms with Crippen LogP contribution in [0.4, 0.5) is 0 Å². The Bertz CT molecular complexity index is 2040. The fraction of sp³-hybridized carbons (Fsp3) is 0.490. The molecule has 6 rings (SSSR count). The highest BCUT2D eigenvalue weighted by atomic mass is 32.2. The van der Waals surface area contributed by atoms with Gasteiger partial charge in [-0.15, -0.1) is 18.3 Å². The summed E-state index contributed by atoms with van der Waals surface area (Å²) in [6.07, 6.45) is 11.8. The molecular formula is C49H61N3O7S. The number of aliphatic hydroxyl groups excluding tert-OH is 2. The minimum atomic E-state index is -1.38. The third-order valence-corrected chi connectivity index (χ3v) is 12.5. The van der Waals surface area contributed by atoms with Gasteiger partial charge in [-0.1, -0.05) is 37.1 Å². The molecule has 0 aromatic heterocycles. The zero-order chi connectivity index (χ0) is 42.9. The van der Waals surface area contributed by atoms with E-state index in [1.54, 1.807) is 42.1 Å². The molecule has 1 fully saturated rings. The fourth-order valence-electron chi connectivity index (χ4n) is 9.18. The largest absolute Gasteiger partial charge is 0.459 e. The molecule has 10 nitrogen and oxygen atoms in total. The second-order valence-electron chi connectivity index (χ2n) is 16.9. The number of hydrogen-bond donors (Lipinski definition) is 2. The lowest BCUT2D eigenvalue weighted by molar-refractivity contribution is -0.254. The highest BCUT2D eigenvalue weighted by Crippen LogP contribution is 2.62. The van der Waals surface area contributed by atoms with Gasteiger partial charge in [-0.3, -0.25) is 4.79 Å². The predicted octanol–water partition coefficient (Wildman–Crippen LogP) is 10.1. The Labute approximate surface area is 360 Å². The van der Waals surface area contributed by atoms with E-state index in [0.717, 1.165) is 53.2 Å². The molecule has 3 aromatic carbocycles. The number of allylic oxidation sites excluding steroid dienone is 1. The van der Waals surface area contributed by atoms with Crippen molar-refractivity contribution in [2.75, 3.05) is 32.6 Å². The summed E-state index contributed by atoms with van der Waals surface area (Å²) < 4.78 is 21.0. The predicted molar refractivity (Wildman–Crippen MR) is 237 cm³/mol. The van der Waals surface area contributed by atoms with E-state index in [-0.39, 0.29) is 43.5 Å². The van der Waals surface area contributed by atoms with Crippen LogP contribution in [0.5, 0.6) is 17.2 Å². The number of fused-ring (bicyclic) bond motifs is 2. The molecule has 60 heavy (non-hydrogen) atoms. The quantitative estimate of drug-likeness (QED) is 0.0524. The van der Waals surface area contributed by atoms with Gasteiger partial charge in [0, 0.05) is 48.1 Å². The van der Waals surface area contributed by atoms with Gasteiger partial charge in [0.05, 0.1) is 29.9 Å². The van der Waals surface area contributed by atoms with Crippen LogP contribution in [0.25, 0.3) is 0 Å². The topological polar surface area (TPSA) is 134 Å². The van der Waals surface area contributed by atoms with Crippen molar-refractivity contribution in [1.82, 2.24) is 4.90 Å². The molecule has 0 radical (unpaired) electrons. The third kappa shape index (κ3) is 9.95. The van der Waals surface area contributed by atoms with Crippen molar-refractivity contribution in [2.24, 2.45) is 22.9 Å². The average Bonchev–Trinajstić information content (AvgIpc) is 3.25. The minimum absolute atomic E-state index is 0.0758. The van der Waals surface area contributed by atoms with Gasteiger partial charge in [0.15, 0.2) is 0 Å². The molecular weight excluding hydrogens is 775 g/mol. The minimum Gasteiger partial charge on any atom is -0.459 e. The maximum Gasteiger partial charge on any atom is 0.254 e. The Balaban J connectivity index is 1.60. The molecule has 1 amide bonds. The van der Waals surface area contributed by atoms with Crippen LogP contribution in [0.3, 0.4) is 0 Å². The molecule has 320 valence electrons. The van der Waals surface area contributed by atoms with E-state index >= 15 is 0 Å². The Morgan fingerprint density at radius 1 is 1.03 bits per heavy atom. The van der Waals surface area contributed by atoms with E-state index in [1.807, 2.05) is 75.2 Å². The van der Waals surface area contributed by atoms with Gasteiger partial charge in [-0.2, -0.15) is 5.26 Å². The molecule has 11 heteroatoms. The Morgan fingerprint density at radius 3 is 2.37 bits per heavy atom. The number of carbonyl (C=O) groups is 1. The number of oxime groups is 1. The van der Waals surface area contributed by atoms with Crippen LogP contribution in [0, 0.1) is 29.1 Å². The van der Waals surface area contributed by atoms with E-state index in [1.165, 1.54) is 0 Å². The zero-order valence-corrected chi connectivity index (χ0v) is 36.6. The summed E-state index contributed by atoms with van der Waals surface area (Å²) in [7, 11) is 0. The Kier molecular flexibility index (Phi) is 15.2. The van der Waals surface area contributed by atoms with Crippen molar-refractivity contribution in [3.63, 3.8) is 0 Å². The second kappa shape index (κ2) is 20.3. The number of nitrogens with zero attached hydrogens (tertiary/aromatic N) is 3. The number of amides is 1. The maximum atomic E-state index is 14.9. The van der Waals surface area contributed by atoms with Crippen LogP contribution in [0.15, 0.2) is 101 Å². The van der Waals surface area contributed by atoms with Gasteiger partial charge in [0.2, 0.25) is 5.79 Å². The molecule has 6 atom stereocenters. The summed E-state index contributed by atoms with van der Waals surface area (Å²) in [5.41, 5.74) is 3.05. The normalized spacial score (nSPS) is 23.7. The Morgan fingerprint density at radius 2 is 1.73 bits per heavy atom. The van der Waals surface area contributed by atoms with Gasteiger partial charge < -0.3 is 34.2 Å². The first-order chi connectivity index (χ1) is 29.0. The number of nitriles is 1. The van der Waals surface area contributed by atoms with E-state index in [9.17, 15) is 20.3 Å². The van der Waals surface area contributed by atoms with Crippen molar-refractivity contribution < 1.29 is 34.1 Å². The number of benzene rings is 3. The number of thioether (sulfide) groups is 1. The Hall–Kier alpha value is -4.60. The fourth-order valence-corrected chi connectivity index (χ4v) is 9.58. The SMILES string of the molecule is C=CCOC12Oc3ccc(Oc4ccc(SC)cc4)cc3C3C(CCCCO)C(CCCCO)C=C(C(=NOC(C)(C)C)CC1N(CCC)C(=O)c1ccc(C#N)cc1)C32. The lowest BCUT2D eigenvalue weighted by Gasteiger charge is -2.60. The first-order valence-electron chi connectivity index (χ1n) is 21.4. The van der Waals surface area contributed by atoms with Crippen LogP contribution in [0.2, 0.25) is 0 Å². The molecule has 3 aromatic rings. The summed E-state index contributed by atoms with van der Waals surface area (Å²) in [4.78, 5) is 24.2. The van der Waals surface area contributed by atoms with Crippen molar-refractivity contribution in [3.8, 4) is 23.3 Å². The molecule has 2 N–H and O–H groups in total. The number of unbranched alkanes of at least 4 members (excludes halogenated alkanes) is 2. The van der Waals surface area contributed by atoms with Crippen LogP contribution < -0.4 is 9.47 Å². The lowest BCUT2D eigenvalue weighted by Crippen LogP contribution is -2.70. The highest BCUT2D eigenvalue weighted by Gasteiger charge is 2.65. The van der Waals surface area contributed by atoms with Gasteiger partial charge >= 0.3 is 0 Å². The first kappa shape index (κ1) is 44.9. The van der Waals surface area contributed by atoms with Crippen molar-refractivity contribution in [3.05, 3.63) is 108 Å². The summed E-state index contributed by atoms with van der Waals surface area (Å²) in [6.45, 7) is 12.8. The van der Waals surface area contributed by atoms with Crippen LogP contribution >= 0.6 is 11.8 Å². The van der Waals surface area contributed by atoms with Crippen LogP contribution in [0.1, 0.15) is 106 Å². The number of ether oxygens (including phenoxy) is 3. The smallest absolute Gasteiger partial charge is 0.254 e. The van der Waals surface area contributed by atoms with E-state index in [0.29, 0.717) is 54.9 Å². The molecule has 2 aliphatic carbocycles. The van der Waals surface area contributed by atoms with Crippen molar-refractivity contribution >= 4 is 23.4 Å². The van der Waals surface area contributed by atoms with Gasteiger partial charge in [-0.05, 0) is 143 Å². The van der Waals surface area contributed by atoms with Crippen LogP contribution in [-0.4, -0.2) is 76.8 Å². The van der Waals surface area contributed by atoms with Gasteiger partial charge in [0.1, 0.15) is 28.9 Å². The average molecular weight is 836 g/mol. The molecule has 6 unspecified atom stereocenters. The summed E-state index contributed by atoms with van der Waals surface area (Å²) in [6, 6.07) is 22.3. The number of aliphatic hydroxyl groups is 2. The van der Waals surface area contributed by atoms with Crippen LogP contribution in [-0.2, 0) is 9.57 Å². The summed E-state index contributed by atoms with van der Waals surface area (Å²) in [5.74, 6) is 0.0321. The third-order valence-electron chi connectivity index (χ3n) is 11.7. The molecule has 0 spiro atoms. The maximum absolute atomic E-state index is 14.9. The van der Waals surface area contributed by atoms with Crippen molar-refractivity contribution in [1.29, 1.82) is 5.26 Å². The van der Waals surface area contributed by atoms with Gasteiger partial charge in [-0.25, -0.2) is 0 Å². The molecule has 3 aliphatic rings. The lowest BCUT2D eigenvalue weighted by atomic mass is 9.55. The number of hydrogen-bond acceptors (Lipinski definition) is 10. The standard InChI is InChI=1S/C49H61N3O7S/c1-7-25-52(47(55)34-17-15-33(32-50)16-18-34)44-31-42(51-59-48(3,4)5)40-29-35(13-9-11-26-53)39(14-10-12-27-54)45-41-30-37(57-36-19-22-38(60-6)23-20-36)21-24-43(41)58-49(44,46(40)45)56-28-8-2/h8,15-24,29-30,35,39,44-46,53-54H,2,7,9-14,25-28,31H2,1,3-6H3. The number of rotatable bonds is 19. The van der Waals surface area contributed by atoms with Crippen molar-refractivity contribution in [2.45, 2.75) is 107 Å². The molecule has 1 heterocycles.